The molecular weight excluding hydrogens is 253 g/mol. The Morgan fingerprint density at radius 1 is 1.79 bits per heavy atom. The van der Waals surface area contributed by atoms with Gasteiger partial charge in [0.15, 0.2) is 0 Å². The number of pyridine rings is 1. The minimum atomic E-state index is -1.05. The molecule has 0 aliphatic rings. The predicted octanol–water partition coefficient (Wildman–Crippen LogP) is 2.56. The van der Waals surface area contributed by atoms with Crippen LogP contribution in [0.3, 0.4) is 0 Å². The molecule has 0 amide bonds. The van der Waals surface area contributed by atoms with Gasteiger partial charge in [-0.15, -0.1) is 0 Å². The number of nitrogens with zero attached hydrogens (tertiary/aromatic N) is 1. The molecule has 76 valence electrons. The van der Waals surface area contributed by atoms with Crippen LogP contribution in [0.1, 0.15) is 25.0 Å². The van der Waals surface area contributed by atoms with E-state index in [4.69, 9.17) is 5.11 Å². The zero-order valence-electron chi connectivity index (χ0n) is 7.50. The van der Waals surface area contributed by atoms with Crippen LogP contribution in [-0.4, -0.2) is 16.1 Å². The molecule has 1 rings (SSSR count). The van der Waals surface area contributed by atoms with E-state index < -0.39 is 17.7 Å². The summed E-state index contributed by atoms with van der Waals surface area (Å²) < 4.78 is 13.8. The van der Waals surface area contributed by atoms with Gasteiger partial charge in [0.1, 0.15) is 11.7 Å². The molecule has 1 heterocycles. The molecule has 0 aliphatic carbocycles. The van der Waals surface area contributed by atoms with Crippen molar-refractivity contribution in [3.8, 4) is 0 Å². The molecule has 1 aromatic heterocycles. The second-order valence-electron chi connectivity index (χ2n) is 2.82. The van der Waals surface area contributed by atoms with Crippen molar-refractivity contribution in [1.29, 1.82) is 0 Å². The lowest BCUT2D eigenvalue weighted by Gasteiger charge is -2.09. The summed E-state index contributed by atoms with van der Waals surface area (Å²) in [6.45, 7) is 1.68. The van der Waals surface area contributed by atoms with Crippen molar-refractivity contribution < 1.29 is 14.3 Å². The van der Waals surface area contributed by atoms with E-state index in [-0.39, 0.29) is 5.69 Å². The van der Waals surface area contributed by atoms with Crippen LogP contribution in [0.5, 0.6) is 0 Å². The summed E-state index contributed by atoms with van der Waals surface area (Å²) in [4.78, 5) is 14.5. The SMILES string of the molecule is CCC(C(=O)O)c1ncc(Br)cc1F. The molecule has 14 heavy (non-hydrogen) atoms. The number of rotatable bonds is 3. The van der Waals surface area contributed by atoms with Crippen LogP contribution >= 0.6 is 15.9 Å². The Labute approximate surface area is 89.1 Å². The standard InChI is InChI=1S/C9H9BrFNO2/c1-2-6(9(13)14)8-7(11)3-5(10)4-12-8/h3-4,6H,2H2,1H3,(H,13,14). The third-order valence-corrected chi connectivity index (χ3v) is 2.31. The number of aromatic nitrogens is 1. The summed E-state index contributed by atoms with van der Waals surface area (Å²) in [6.07, 6.45) is 1.71. The van der Waals surface area contributed by atoms with E-state index in [1.165, 1.54) is 12.3 Å². The van der Waals surface area contributed by atoms with Gasteiger partial charge in [0, 0.05) is 10.7 Å². The number of halogens is 2. The molecule has 0 spiro atoms. The lowest BCUT2D eigenvalue weighted by atomic mass is 10.0. The highest BCUT2D eigenvalue weighted by Crippen LogP contribution is 2.22. The second kappa shape index (κ2) is 4.50. The van der Waals surface area contributed by atoms with Crippen LogP contribution in [0, 0.1) is 5.82 Å². The number of hydrogen-bond donors (Lipinski definition) is 1. The highest BCUT2D eigenvalue weighted by atomic mass is 79.9. The fraction of sp³-hybridized carbons (Fsp3) is 0.333. The van der Waals surface area contributed by atoms with E-state index in [1.807, 2.05) is 0 Å². The molecule has 1 aromatic rings. The van der Waals surface area contributed by atoms with Gasteiger partial charge in [-0.3, -0.25) is 9.78 Å². The van der Waals surface area contributed by atoms with Crippen LogP contribution in [0.2, 0.25) is 0 Å². The van der Waals surface area contributed by atoms with Crippen molar-refractivity contribution in [2.75, 3.05) is 0 Å². The van der Waals surface area contributed by atoms with Crippen LogP contribution in [0.25, 0.3) is 0 Å². The van der Waals surface area contributed by atoms with Gasteiger partial charge in [-0.2, -0.15) is 0 Å². The summed E-state index contributed by atoms with van der Waals surface area (Å²) in [5.74, 6) is -2.52. The number of aliphatic carboxylic acids is 1. The van der Waals surface area contributed by atoms with Crippen LogP contribution in [0.15, 0.2) is 16.7 Å². The minimum Gasteiger partial charge on any atom is -0.481 e. The summed E-state index contributed by atoms with van der Waals surface area (Å²) in [5.41, 5.74) is -0.0109. The van der Waals surface area contributed by atoms with Crippen molar-refractivity contribution in [3.63, 3.8) is 0 Å². The highest BCUT2D eigenvalue weighted by molar-refractivity contribution is 9.10. The Morgan fingerprint density at radius 3 is 2.86 bits per heavy atom. The molecule has 0 radical (unpaired) electrons. The van der Waals surface area contributed by atoms with Crippen LogP contribution < -0.4 is 0 Å². The Balaban J connectivity index is 3.10. The first-order valence-electron chi connectivity index (χ1n) is 4.10. The molecule has 0 fully saturated rings. The lowest BCUT2D eigenvalue weighted by molar-refractivity contribution is -0.139. The predicted molar refractivity (Wildman–Crippen MR) is 52.6 cm³/mol. The average Bonchev–Trinajstić information content (AvgIpc) is 2.09. The van der Waals surface area contributed by atoms with E-state index in [9.17, 15) is 9.18 Å². The van der Waals surface area contributed by atoms with Gasteiger partial charge in [0.05, 0.1) is 5.69 Å². The fourth-order valence-electron chi connectivity index (χ4n) is 1.17. The lowest BCUT2D eigenvalue weighted by Crippen LogP contribution is -2.13. The van der Waals surface area contributed by atoms with Crippen molar-refractivity contribution in [2.24, 2.45) is 0 Å². The van der Waals surface area contributed by atoms with E-state index in [2.05, 4.69) is 20.9 Å². The summed E-state index contributed by atoms with van der Waals surface area (Å²) >= 11 is 3.05. The first kappa shape index (κ1) is 11.1. The third-order valence-electron chi connectivity index (χ3n) is 1.87. The number of hydrogen-bond acceptors (Lipinski definition) is 2. The van der Waals surface area contributed by atoms with Gasteiger partial charge in [0.2, 0.25) is 0 Å². The van der Waals surface area contributed by atoms with Crippen LogP contribution in [-0.2, 0) is 4.79 Å². The molecule has 0 saturated carbocycles. The average molecular weight is 262 g/mol. The molecule has 0 aliphatic heterocycles. The Kier molecular flexibility index (Phi) is 3.57. The molecular formula is C9H9BrFNO2. The Bertz CT molecular complexity index is 357. The van der Waals surface area contributed by atoms with Gasteiger partial charge in [-0.05, 0) is 28.4 Å². The van der Waals surface area contributed by atoms with Crippen molar-refractivity contribution in [1.82, 2.24) is 4.98 Å². The van der Waals surface area contributed by atoms with E-state index in [0.717, 1.165) is 0 Å². The maximum Gasteiger partial charge on any atom is 0.312 e. The van der Waals surface area contributed by atoms with E-state index in [0.29, 0.717) is 10.9 Å². The van der Waals surface area contributed by atoms with Crippen molar-refractivity contribution in [3.05, 3.63) is 28.2 Å². The van der Waals surface area contributed by atoms with Gasteiger partial charge < -0.3 is 5.11 Å². The number of carbonyl (C=O) groups is 1. The largest absolute Gasteiger partial charge is 0.481 e. The summed E-state index contributed by atoms with van der Waals surface area (Å²) in [6, 6.07) is 1.22. The van der Waals surface area contributed by atoms with Gasteiger partial charge in [-0.25, -0.2) is 4.39 Å². The Hall–Kier alpha value is -0.970. The monoisotopic (exact) mass is 261 g/mol. The summed E-state index contributed by atoms with van der Waals surface area (Å²) in [7, 11) is 0. The molecule has 1 unspecified atom stereocenters. The zero-order chi connectivity index (χ0) is 10.7. The summed E-state index contributed by atoms with van der Waals surface area (Å²) in [5, 5.41) is 8.80. The van der Waals surface area contributed by atoms with Crippen LogP contribution in [0.4, 0.5) is 4.39 Å². The maximum atomic E-state index is 13.3. The topological polar surface area (TPSA) is 50.2 Å². The maximum absolute atomic E-state index is 13.3. The second-order valence-corrected chi connectivity index (χ2v) is 3.74. The van der Waals surface area contributed by atoms with Crippen molar-refractivity contribution in [2.45, 2.75) is 19.3 Å². The number of carboxylic acid groups (broad SMARTS) is 1. The van der Waals surface area contributed by atoms with E-state index >= 15 is 0 Å². The quantitative estimate of drug-likeness (QED) is 0.910. The number of carboxylic acids is 1. The minimum absolute atomic E-state index is 0.0109. The van der Waals surface area contributed by atoms with Crippen molar-refractivity contribution >= 4 is 21.9 Å². The molecule has 3 nitrogen and oxygen atoms in total. The molecule has 0 saturated heterocycles. The zero-order valence-corrected chi connectivity index (χ0v) is 9.08. The highest BCUT2D eigenvalue weighted by Gasteiger charge is 2.22. The van der Waals surface area contributed by atoms with E-state index in [1.54, 1.807) is 6.92 Å². The van der Waals surface area contributed by atoms with Gasteiger partial charge in [-0.1, -0.05) is 6.92 Å². The Morgan fingerprint density at radius 2 is 2.43 bits per heavy atom. The first-order chi connectivity index (χ1) is 6.56. The molecule has 1 N–H and O–H groups in total. The first-order valence-corrected chi connectivity index (χ1v) is 4.89. The third kappa shape index (κ3) is 2.29. The molecule has 5 heteroatoms. The molecule has 0 bridgehead atoms. The molecule has 1 atom stereocenters. The smallest absolute Gasteiger partial charge is 0.312 e. The van der Waals surface area contributed by atoms with Gasteiger partial charge in [0.25, 0.3) is 0 Å². The fourth-order valence-corrected chi connectivity index (χ4v) is 1.47. The normalized spacial score (nSPS) is 12.5. The molecule has 0 aromatic carbocycles. The van der Waals surface area contributed by atoms with Gasteiger partial charge >= 0.3 is 5.97 Å².